The van der Waals surface area contributed by atoms with Crippen LogP contribution in [0.1, 0.15) is 42.2 Å². The lowest BCUT2D eigenvalue weighted by atomic mass is 9.98. The van der Waals surface area contributed by atoms with E-state index in [0.29, 0.717) is 28.9 Å². The Hall–Kier alpha value is -5.01. The molecule has 1 heterocycles. The number of nitrogens with one attached hydrogen (secondary N) is 1. The summed E-state index contributed by atoms with van der Waals surface area (Å²) in [7, 11) is 0. The van der Waals surface area contributed by atoms with Crippen LogP contribution in [0.4, 0.5) is 0 Å². The third-order valence-electron chi connectivity index (χ3n) is 6.20. The molecule has 4 aromatic carbocycles. The number of carbonyl (C=O) groups excluding carboxylic acids is 3. The predicted molar refractivity (Wildman–Crippen MR) is 151 cm³/mol. The second kappa shape index (κ2) is 11.8. The maximum absolute atomic E-state index is 13.0. The Morgan fingerprint density at radius 2 is 1.48 bits per heavy atom. The summed E-state index contributed by atoms with van der Waals surface area (Å²) in [5.74, 6) is -1.55. The molecule has 0 aliphatic carbocycles. The lowest BCUT2D eigenvalue weighted by molar-refractivity contribution is 0.0730. The van der Waals surface area contributed by atoms with Gasteiger partial charge in [-0.15, -0.1) is 0 Å². The Bertz CT molecular complexity index is 1780. The molecular weight excluding hydrogens is 530 g/mol. The van der Waals surface area contributed by atoms with E-state index in [2.05, 4.69) is 5.32 Å². The molecule has 8 heteroatoms. The van der Waals surface area contributed by atoms with E-state index in [1.54, 1.807) is 48.5 Å². The van der Waals surface area contributed by atoms with Gasteiger partial charge in [0, 0.05) is 34.1 Å². The van der Waals surface area contributed by atoms with Gasteiger partial charge in [-0.2, -0.15) is 0 Å². The van der Waals surface area contributed by atoms with E-state index in [4.69, 9.17) is 20.8 Å². The summed E-state index contributed by atoms with van der Waals surface area (Å²) in [6, 6.07) is 28.2. The Labute approximate surface area is 234 Å². The van der Waals surface area contributed by atoms with Gasteiger partial charge in [-0.1, -0.05) is 60.1 Å². The highest BCUT2D eigenvalue weighted by Gasteiger charge is 2.20. The summed E-state index contributed by atoms with van der Waals surface area (Å²) < 4.78 is 10.9. The fraction of sp³-hybridized carbons (Fsp3) is 0.0625. The molecule has 0 bridgehead atoms. The number of esters is 1. The van der Waals surface area contributed by atoms with Crippen molar-refractivity contribution in [2.75, 3.05) is 6.54 Å². The van der Waals surface area contributed by atoms with Crippen molar-refractivity contribution < 1.29 is 23.5 Å². The van der Waals surface area contributed by atoms with Gasteiger partial charge in [0.05, 0.1) is 5.56 Å². The molecule has 5 aromatic rings. The van der Waals surface area contributed by atoms with Gasteiger partial charge < -0.3 is 14.5 Å². The number of halogens is 1. The van der Waals surface area contributed by atoms with Crippen molar-refractivity contribution in [2.45, 2.75) is 6.42 Å². The first-order valence-electron chi connectivity index (χ1n) is 12.4. The zero-order valence-corrected chi connectivity index (χ0v) is 21.8. The number of amides is 1. The molecule has 1 N–H and O–H groups in total. The van der Waals surface area contributed by atoms with E-state index < -0.39 is 17.5 Å². The summed E-state index contributed by atoms with van der Waals surface area (Å²) in [5.41, 5.74) is 0.884. The normalized spacial score (nSPS) is 10.7. The van der Waals surface area contributed by atoms with Crippen molar-refractivity contribution in [3.05, 3.63) is 146 Å². The van der Waals surface area contributed by atoms with Gasteiger partial charge in [0.2, 0.25) is 0 Å². The predicted octanol–water partition coefficient (Wildman–Crippen LogP) is 5.87. The molecule has 1 aromatic heterocycles. The van der Waals surface area contributed by atoms with Crippen LogP contribution in [0.5, 0.6) is 5.75 Å². The first kappa shape index (κ1) is 26.6. The third-order valence-corrected chi connectivity index (χ3v) is 6.45. The van der Waals surface area contributed by atoms with Crippen molar-refractivity contribution in [1.82, 2.24) is 5.32 Å². The number of hydrogen-bond acceptors (Lipinski definition) is 6. The number of ether oxygens (including phenoxy) is 1. The zero-order chi connectivity index (χ0) is 28.1. The van der Waals surface area contributed by atoms with Gasteiger partial charge in [0.25, 0.3) is 5.91 Å². The topological polar surface area (TPSA) is 103 Å². The quantitative estimate of drug-likeness (QED) is 0.112. The maximum atomic E-state index is 13.0. The average Bonchev–Trinajstić information content (AvgIpc) is 2.97. The molecule has 5 rings (SSSR count). The summed E-state index contributed by atoms with van der Waals surface area (Å²) in [4.78, 5) is 51.2. The van der Waals surface area contributed by atoms with Crippen LogP contribution in [-0.4, -0.2) is 24.2 Å². The summed E-state index contributed by atoms with van der Waals surface area (Å²) in [6.07, 6.45) is 0.620. The lowest BCUT2D eigenvalue weighted by Crippen LogP contribution is -2.29. The van der Waals surface area contributed by atoms with E-state index in [-0.39, 0.29) is 33.8 Å². The number of fused-ring (bicyclic) bond motifs is 1. The van der Waals surface area contributed by atoms with Crippen LogP contribution in [0, 0.1) is 0 Å². The van der Waals surface area contributed by atoms with E-state index in [9.17, 15) is 19.2 Å². The van der Waals surface area contributed by atoms with Crippen LogP contribution in [0.15, 0.2) is 112 Å². The average molecular weight is 552 g/mol. The minimum atomic E-state index is -0.813. The van der Waals surface area contributed by atoms with Crippen LogP contribution in [0.25, 0.3) is 11.0 Å². The standard InChI is InChI=1S/C32H22ClNO6/c33-23-13-10-21(11-14-23)29(35)25-8-4-5-9-26(25)31(37)39-24-15-12-22-18-27(32(38)40-28(22)19-24)30(36)34-17-16-20-6-2-1-3-7-20/h1-15,18-19H,16-17H2,(H,34,36). The fourth-order valence-electron chi connectivity index (χ4n) is 4.15. The fourth-order valence-corrected chi connectivity index (χ4v) is 4.28. The molecule has 0 fully saturated rings. The Morgan fingerprint density at radius 3 is 2.23 bits per heavy atom. The highest BCUT2D eigenvalue weighted by molar-refractivity contribution is 6.30. The summed E-state index contributed by atoms with van der Waals surface area (Å²) >= 11 is 5.92. The van der Waals surface area contributed by atoms with Crippen LogP contribution in [0.3, 0.4) is 0 Å². The van der Waals surface area contributed by atoms with Gasteiger partial charge in [-0.25, -0.2) is 9.59 Å². The maximum Gasteiger partial charge on any atom is 0.349 e. The molecule has 0 radical (unpaired) electrons. The van der Waals surface area contributed by atoms with Gasteiger partial charge in [0.1, 0.15) is 16.9 Å². The first-order chi connectivity index (χ1) is 19.4. The Kier molecular flexibility index (Phi) is 7.84. The van der Waals surface area contributed by atoms with Crippen LogP contribution in [-0.2, 0) is 6.42 Å². The van der Waals surface area contributed by atoms with Gasteiger partial charge >= 0.3 is 11.6 Å². The largest absolute Gasteiger partial charge is 0.423 e. The van der Waals surface area contributed by atoms with Crippen molar-refractivity contribution in [1.29, 1.82) is 0 Å². The van der Waals surface area contributed by atoms with Crippen LogP contribution < -0.4 is 15.7 Å². The van der Waals surface area contributed by atoms with E-state index in [1.807, 2.05) is 30.3 Å². The Balaban J connectivity index is 1.31. The monoisotopic (exact) mass is 551 g/mol. The first-order valence-corrected chi connectivity index (χ1v) is 12.8. The molecule has 1 amide bonds. The highest BCUT2D eigenvalue weighted by atomic mass is 35.5. The van der Waals surface area contributed by atoms with Gasteiger partial charge in [-0.05, 0) is 60.5 Å². The zero-order valence-electron chi connectivity index (χ0n) is 21.1. The number of carbonyl (C=O) groups is 3. The molecular formula is C32H22ClNO6. The summed E-state index contributed by atoms with van der Waals surface area (Å²) in [6.45, 7) is 0.358. The Morgan fingerprint density at radius 1 is 0.775 bits per heavy atom. The third kappa shape index (κ3) is 6.00. The SMILES string of the molecule is O=C(Oc1ccc2cc(C(=O)NCCc3ccccc3)c(=O)oc2c1)c1ccccc1C(=O)c1ccc(Cl)cc1. The highest BCUT2D eigenvalue weighted by Crippen LogP contribution is 2.23. The number of hydrogen-bond donors (Lipinski definition) is 1. The second-order valence-corrected chi connectivity index (χ2v) is 9.35. The number of ketones is 1. The van der Waals surface area contributed by atoms with Crippen LogP contribution >= 0.6 is 11.6 Å². The van der Waals surface area contributed by atoms with Gasteiger partial charge in [0.15, 0.2) is 5.78 Å². The molecule has 0 aliphatic heterocycles. The molecule has 198 valence electrons. The van der Waals surface area contributed by atoms with Crippen molar-refractivity contribution in [3.8, 4) is 5.75 Å². The van der Waals surface area contributed by atoms with E-state index >= 15 is 0 Å². The lowest BCUT2D eigenvalue weighted by Gasteiger charge is -2.10. The smallest absolute Gasteiger partial charge is 0.349 e. The summed E-state index contributed by atoms with van der Waals surface area (Å²) in [5, 5.41) is 3.70. The van der Waals surface area contributed by atoms with Crippen LogP contribution in [0.2, 0.25) is 5.02 Å². The molecule has 0 saturated heterocycles. The molecule has 0 aliphatic rings. The minimum absolute atomic E-state index is 0.0755. The number of benzene rings is 4. The van der Waals surface area contributed by atoms with Crippen molar-refractivity contribution >= 4 is 40.2 Å². The molecule has 0 atom stereocenters. The molecule has 40 heavy (non-hydrogen) atoms. The number of rotatable bonds is 8. The molecule has 0 unspecified atom stereocenters. The van der Waals surface area contributed by atoms with Gasteiger partial charge in [-0.3, -0.25) is 9.59 Å². The molecule has 7 nitrogen and oxygen atoms in total. The van der Waals surface area contributed by atoms with E-state index in [1.165, 1.54) is 24.3 Å². The van der Waals surface area contributed by atoms with E-state index in [0.717, 1.165) is 5.56 Å². The van der Waals surface area contributed by atoms with Crippen molar-refractivity contribution in [3.63, 3.8) is 0 Å². The molecule has 0 spiro atoms. The second-order valence-electron chi connectivity index (χ2n) is 8.91. The minimum Gasteiger partial charge on any atom is -0.423 e. The molecule has 0 saturated carbocycles. The van der Waals surface area contributed by atoms with Crippen molar-refractivity contribution in [2.24, 2.45) is 0 Å².